The van der Waals surface area contributed by atoms with Gasteiger partial charge in [0.1, 0.15) is 6.54 Å². The number of rotatable bonds is 6. The van der Waals surface area contributed by atoms with Crippen LogP contribution in [0, 0.1) is 0 Å². The zero-order chi connectivity index (χ0) is 14.5. The number of carbonyl (C=O) groups excluding carboxylic acids is 1. The van der Waals surface area contributed by atoms with E-state index in [9.17, 15) is 9.59 Å². The first-order valence-electron chi connectivity index (χ1n) is 5.56. The predicted octanol–water partition coefficient (Wildman–Crippen LogP) is 0.149. The van der Waals surface area contributed by atoms with E-state index in [1.165, 1.54) is 16.4 Å². The molecule has 0 spiro atoms. The van der Waals surface area contributed by atoms with Gasteiger partial charge in [0.25, 0.3) is 0 Å². The topological polar surface area (TPSA) is 124 Å². The fourth-order valence-corrected chi connectivity index (χ4v) is 2.27. The van der Waals surface area contributed by atoms with E-state index in [0.29, 0.717) is 16.5 Å². The van der Waals surface area contributed by atoms with Gasteiger partial charge < -0.3 is 10.8 Å². The molecule has 104 valence electrons. The lowest BCUT2D eigenvalue weighted by molar-refractivity contribution is -0.138. The number of aliphatic carboxylic acids is 1. The number of benzene rings is 1. The molecule has 8 nitrogen and oxygen atoms in total. The molecule has 2 aromatic rings. The van der Waals surface area contributed by atoms with E-state index in [4.69, 9.17) is 10.8 Å². The van der Waals surface area contributed by atoms with Gasteiger partial charge >= 0.3 is 5.97 Å². The Kier molecular flexibility index (Phi) is 4.31. The number of aromatic nitrogens is 4. The lowest BCUT2D eigenvalue weighted by atomic mass is 10.1. The quantitative estimate of drug-likeness (QED) is 0.726. The molecule has 0 fully saturated rings. The van der Waals surface area contributed by atoms with Crippen LogP contribution in [0.15, 0.2) is 29.4 Å². The molecule has 1 heterocycles. The molecule has 2 rings (SSSR count). The summed E-state index contributed by atoms with van der Waals surface area (Å²) in [5, 5.41) is 19.9. The van der Waals surface area contributed by atoms with Crippen molar-refractivity contribution < 1.29 is 14.7 Å². The van der Waals surface area contributed by atoms with Crippen molar-refractivity contribution in [1.82, 2.24) is 20.2 Å². The monoisotopic (exact) mass is 293 g/mol. The van der Waals surface area contributed by atoms with Crippen LogP contribution in [0.3, 0.4) is 0 Å². The SMILES string of the molecule is NC(=O)c1ccc(CSc2nnnn2CC(=O)O)cc1. The van der Waals surface area contributed by atoms with Crippen molar-refractivity contribution in [1.29, 1.82) is 0 Å². The molecule has 9 heteroatoms. The van der Waals surface area contributed by atoms with Gasteiger partial charge in [-0.05, 0) is 28.1 Å². The minimum atomic E-state index is -1.01. The fourth-order valence-electron chi connectivity index (χ4n) is 1.44. The van der Waals surface area contributed by atoms with E-state index in [-0.39, 0.29) is 6.54 Å². The third-order valence-electron chi connectivity index (χ3n) is 2.39. The van der Waals surface area contributed by atoms with Gasteiger partial charge in [0.15, 0.2) is 0 Å². The Balaban J connectivity index is 2.00. The average Bonchev–Trinajstić information content (AvgIpc) is 2.83. The average molecular weight is 293 g/mol. The van der Waals surface area contributed by atoms with Crippen LogP contribution >= 0.6 is 11.8 Å². The maximum Gasteiger partial charge on any atom is 0.325 e. The smallest absolute Gasteiger partial charge is 0.325 e. The molecule has 3 N–H and O–H groups in total. The molecule has 0 aliphatic carbocycles. The fraction of sp³-hybridized carbons (Fsp3) is 0.182. The van der Waals surface area contributed by atoms with Crippen molar-refractivity contribution in [3.8, 4) is 0 Å². The van der Waals surface area contributed by atoms with E-state index >= 15 is 0 Å². The van der Waals surface area contributed by atoms with Crippen molar-refractivity contribution >= 4 is 23.6 Å². The molecule has 0 saturated carbocycles. The molecule has 1 amide bonds. The summed E-state index contributed by atoms with van der Waals surface area (Å²) in [6.45, 7) is -0.282. The highest BCUT2D eigenvalue weighted by Crippen LogP contribution is 2.20. The number of hydrogen-bond donors (Lipinski definition) is 2. The zero-order valence-corrected chi connectivity index (χ0v) is 11.1. The molecular formula is C11H11N5O3S. The van der Waals surface area contributed by atoms with Gasteiger partial charge in [-0.25, -0.2) is 4.68 Å². The van der Waals surface area contributed by atoms with Crippen LogP contribution in [0.5, 0.6) is 0 Å². The summed E-state index contributed by atoms with van der Waals surface area (Å²) in [6, 6.07) is 6.83. The molecule has 0 atom stereocenters. The van der Waals surface area contributed by atoms with Gasteiger partial charge in [0.05, 0.1) is 0 Å². The molecule has 0 aliphatic rings. The Morgan fingerprint density at radius 3 is 2.60 bits per heavy atom. The van der Waals surface area contributed by atoms with E-state index in [1.807, 2.05) is 0 Å². The van der Waals surface area contributed by atoms with E-state index in [0.717, 1.165) is 5.56 Å². The molecule has 0 unspecified atom stereocenters. The van der Waals surface area contributed by atoms with Crippen LogP contribution in [0.1, 0.15) is 15.9 Å². The molecule has 1 aromatic carbocycles. The number of hydrogen-bond acceptors (Lipinski definition) is 6. The van der Waals surface area contributed by atoms with Crippen molar-refractivity contribution in [2.45, 2.75) is 17.5 Å². The maximum atomic E-state index is 10.9. The number of nitrogens with zero attached hydrogens (tertiary/aromatic N) is 4. The Bertz CT molecular complexity index is 625. The summed E-state index contributed by atoms with van der Waals surface area (Å²) in [4.78, 5) is 21.6. The number of amides is 1. The zero-order valence-electron chi connectivity index (χ0n) is 10.3. The summed E-state index contributed by atoms with van der Waals surface area (Å²) in [5.41, 5.74) is 6.54. The first-order valence-corrected chi connectivity index (χ1v) is 6.54. The number of primary amides is 1. The highest BCUT2D eigenvalue weighted by atomic mass is 32.2. The summed E-state index contributed by atoms with van der Waals surface area (Å²) < 4.78 is 1.21. The van der Waals surface area contributed by atoms with Gasteiger partial charge in [-0.2, -0.15) is 0 Å². The van der Waals surface area contributed by atoms with Crippen molar-refractivity contribution in [3.05, 3.63) is 35.4 Å². The number of nitrogens with two attached hydrogens (primary N) is 1. The Hall–Kier alpha value is -2.42. The molecule has 1 aromatic heterocycles. The Morgan fingerprint density at radius 2 is 2.00 bits per heavy atom. The summed E-state index contributed by atoms with van der Waals surface area (Å²) >= 11 is 1.31. The summed E-state index contributed by atoms with van der Waals surface area (Å²) in [7, 11) is 0. The van der Waals surface area contributed by atoms with Crippen LogP contribution in [-0.2, 0) is 17.1 Å². The number of carboxylic acid groups (broad SMARTS) is 1. The van der Waals surface area contributed by atoms with Gasteiger partial charge in [-0.3, -0.25) is 9.59 Å². The van der Waals surface area contributed by atoms with Crippen LogP contribution < -0.4 is 5.73 Å². The molecule has 0 aliphatic heterocycles. The van der Waals surface area contributed by atoms with Gasteiger partial charge in [-0.1, -0.05) is 23.9 Å². The minimum Gasteiger partial charge on any atom is -0.480 e. The normalized spacial score (nSPS) is 10.4. The molecule has 0 radical (unpaired) electrons. The van der Waals surface area contributed by atoms with Crippen molar-refractivity contribution in [2.24, 2.45) is 5.73 Å². The summed E-state index contributed by atoms with van der Waals surface area (Å²) in [5.74, 6) is -0.932. The standard InChI is InChI=1S/C11H11N5O3S/c12-10(19)8-3-1-7(2-4-8)6-20-11-13-14-15-16(11)5-9(17)18/h1-4H,5-6H2,(H2,12,19)(H,17,18). The number of carbonyl (C=O) groups is 2. The predicted molar refractivity (Wildman–Crippen MR) is 70.0 cm³/mol. The van der Waals surface area contributed by atoms with Crippen LogP contribution in [0.4, 0.5) is 0 Å². The lowest BCUT2D eigenvalue weighted by Gasteiger charge is -2.02. The van der Waals surface area contributed by atoms with Crippen molar-refractivity contribution in [3.63, 3.8) is 0 Å². The number of carboxylic acids is 1. The third-order valence-corrected chi connectivity index (χ3v) is 3.42. The van der Waals surface area contributed by atoms with Gasteiger partial charge in [0.2, 0.25) is 11.1 Å². The highest BCUT2D eigenvalue weighted by molar-refractivity contribution is 7.98. The minimum absolute atomic E-state index is 0.282. The molecule has 0 bridgehead atoms. The first kappa shape index (κ1) is 14.0. The second kappa shape index (κ2) is 6.15. The number of thioether (sulfide) groups is 1. The van der Waals surface area contributed by atoms with E-state index < -0.39 is 11.9 Å². The Labute approximate surface area is 118 Å². The highest BCUT2D eigenvalue weighted by Gasteiger charge is 2.10. The number of tetrazole rings is 1. The van der Waals surface area contributed by atoms with Crippen LogP contribution in [-0.4, -0.2) is 37.2 Å². The second-order valence-electron chi connectivity index (χ2n) is 3.86. The maximum absolute atomic E-state index is 10.9. The van der Waals surface area contributed by atoms with Gasteiger partial charge in [0, 0.05) is 11.3 Å². The van der Waals surface area contributed by atoms with E-state index in [2.05, 4.69) is 15.5 Å². The third kappa shape index (κ3) is 3.54. The van der Waals surface area contributed by atoms with Crippen molar-refractivity contribution in [2.75, 3.05) is 0 Å². The molecule has 0 saturated heterocycles. The molecule has 20 heavy (non-hydrogen) atoms. The Morgan fingerprint density at radius 1 is 1.30 bits per heavy atom. The first-order chi connectivity index (χ1) is 9.56. The summed E-state index contributed by atoms with van der Waals surface area (Å²) in [6.07, 6.45) is 0. The molecular weight excluding hydrogens is 282 g/mol. The van der Waals surface area contributed by atoms with Crippen LogP contribution in [0.25, 0.3) is 0 Å². The van der Waals surface area contributed by atoms with Crippen LogP contribution in [0.2, 0.25) is 0 Å². The second-order valence-corrected chi connectivity index (χ2v) is 4.81. The largest absolute Gasteiger partial charge is 0.480 e. The lowest BCUT2D eigenvalue weighted by Crippen LogP contribution is -2.11. The van der Waals surface area contributed by atoms with Gasteiger partial charge in [-0.15, -0.1) is 5.10 Å². The van der Waals surface area contributed by atoms with E-state index in [1.54, 1.807) is 24.3 Å².